The molecule has 1 rings (SSSR count). The highest BCUT2D eigenvalue weighted by molar-refractivity contribution is 5.23. The molecule has 1 aromatic carbocycles. The van der Waals surface area contributed by atoms with Crippen molar-refractivity contribution in [1.82, 2.24) is 0 Å². The van der Waals surface area contributed by atoms with Crippen LogP contribution in [0.3, 0.4) is 0 Å². The molecule has 2 heteroatoms. The molecule has 0 bridgehead atoms. The summed E-state index contributed by atoms with van der Waals surface area (Å²) >= 11 is 0. The van der Waals surface area contributed by atoms with Crippen LogP contribution < -0.4 is 5.73 Å². The second-order valence-corrected chi connectivity index (χ2v) is 4.93. The Labute approximate surface area is 105 Å². The highest BCUT2D eigenvalue weighted by atomic mass is 19.1. The molecule has 0 amide bonds. The minimum absolute atomic E-state index is 0.102. The summed E-state index contributed by atoms with van der Waals surface area (Å²) in [6.07, 6.45) is 3.01. The zero-order valence-electron chi connectivity index (χ0n) is 11.8. The van der Waals surface area contributed by atoms with Gasteiger partial charge >= 0.3 is 0 Å². The standard InChI is InChI=1S/C13H20FN.C2H6/c1-10-9-11(6-7-12(10)14)5-4-8-13(2,3)15;1-2/h6-7,9H,4-5,8,15H2,1-3H3;1-2H3. The third-order valence-corrected chi connectivity index (χ3v) is 2.51. The van der Waals surface area contributed by atoms with Crippen molar-refractivity contribution in [3.8, 4) is 0 Å². The number of rotatable bonds is 4. The third-order valence-electron chi connectivity index (χ3n) is 2.51. The van der Waals surface area contributed by atoms with Gasteiger partial charge in [0, 0.05) is 5.54 Å². The molecule has 0 atom stereocenters. The Bertz CT molecular complexity index is 326. The van der Waals surface area contributed by atoms with Gasteiger partial charge in [-0.15, -0.1) is 0 Å². The first-order valence-electron chi connectivity index (χ1n) is 6.42. The van der Waals surface area contributed by atoms with Gasteiger partial charge < -0.3 is 5.73 Å². The fourth-order valence-electron chi connectivity index (χ4n) is 1.61. The van der Waals surface area contributed by atoms with Crippen molar-refractivity contribution in [2.24, 2.45) is 5.73 Å². The number of benzene rings is 1. The fraction of sp³-hybridized carbons (Fsp3) is 0.600. The van der Waals surface area contributed by atoms with Crippen LogP contribution in [0.1, 0.15) is 51.7 Å². The second kappa shape index (κ2) is 7.44. The molecule has 0 aliphatic carbocycles. The van der Waals surface area contributed by atoms with Crippen LogP contribution in [0.4, 0.5) is 4.39 Å². The molecule has 0 fully saturated rings. The average Bonchev–Trinajstić information content (AvgIpc) is 2.24. The van der Waals surface area contributed by atoms with Crippen LogP contribution in [-0.2, 0) is 6.42 Å². The summed E-state index contributed by atoms with van der Waals surface area (Å²) in [6, 6.07) is 5.31. The fourth-order valence-corrected chi connectivity index (χ4v) is 1.61. The van der Waals surface area contributed by atoms with E-state index in [9.17, 15) is 4.39 Å². The van der Waals surface area contributed by atoms with E-state index in [4.69, 9.17) is 5.73 Å². The second-order valence-electron chi connectivity index (χ2n) is 4.93. The van der Waals surface area contributed by atoms with E-state index in [1.165, 1.54) is 11.6 Å². The summed E-state index contributed by atoms with van der Waals surface area (Å²) in [5.74, 6) is -0.127. The normalized spacial score (nSPS) is 10.8. The Hall–Kier alpha value is -0.890. The first kappa shape index (κ1) is 16.1. The lowest BCUT2D eigenvalue weighted by Gasteiger charge is -2.17. The lowest BCUT2D eigenvalue weighted by atomic mass is 9.96. The molecule has 0 radical (unpaired) electrons. The number of halogens is 1. The SMILES string of the molecule is CC.Cc1cc(CCCC(C)(C)N)ccc1F. The molecular formula is C15H26FN. The Balaban J connectivity index is 0.00000121. The van der Waals surface area contributed by atoms with E-state index in [-0.39, 0.29) is 11.4 Å². The van der Waals surface area contributed by atoms with Crippen molar-refractivity contribution >= 4 is 0 Å². The van der Waals surface area contributed by atoms with Gasteiger partial charge in [0.05, 0.1) is 0 Å². The van der Waals surface area contributed by atoms with Crippen LogP contribution >= 0.6 is 0 Å². The van der Waals surface area contributed by atoms with Crippen LogP contribution in [0.2, 0.25) is 0 Å². The lowest BCUT2D eigenvalue weighted by molar-refractivity contribution is 0.459. The average molecular weight is 239 g/mol. The van der Waals surface area contributed by atoms with Gasteiger partial charge in [0.1, 0.15) is 5.82 Å². The number of aryl methyl sites for hydroxylation is 2. The molecule has 0 aromatic heterocycles. The van der Waals surface area contributed by atoms with Crippen molar-refractivity contribution < 1.29 is 4.39 Å². The van der Waals surface area contributed by atoms with Gasteiger partial charge in [-0.05, 0) is 57.2 Å². The van der Waals surface area contributed by atoms with Gasteiger partial charge in [0.2, 0.25) is 0 Å². The first-order chi connectivity index (χ1) is 7.88. The molecule has 17 heavy (non-hydrogen) atoms. The van der Waals surface area contributed by atoms with E-state index < -0.39 is 0 Å². The summed E-state index contributed by atoms with van der Waals surface area (Å²) in [4.78, 5) is 0. The molecule has 0 spiro atoms. The predicted molar refractivity (Wildman–Crippen MR) is 73.7 cm³/mol. The minimum Gasteiger partial charge on any atom is -0.326 e. The molecular weight excluding hydrogens is 213 g/mol. The molecule has 0 saturated heterocycles. The largest absolute Gasteiger partial charge is 0.326 e. The quantitative estimate of drug-likeness (QED) is 0.836. The maximum absolute atomic E-state index is 13.0. The molecule has 0 saturated carbocycles. The monoisotopic (exact) mass is 239 g/mol. The van der Waals surface area contributed by atoms with Gasteiger partial charge in [-0.3, -0.25) is 0 Å². The van der Waals surface area contributed by atoms with Gasteiger partial charge in [0.25, 0.3) is 0 Å². The maximum atomic E-state index is 13.0. The molecule has 0 aliphatic heterocycles. The zero-order chi connectivity index (χ0) is 13.5. The van der Waals surface area contributed by atoms with E-state index in [0.717, 1.165) is 24.8 Å². The molecule has 1 nitrogen and oxygen atoms in total. The Morgan fingerprint density at radius 1 is 1.24 bits per heavy atom. The van der Waals surface area contributed by atoms with Crippen molar-refractivity contribution in [1.29, 1.82) is 0 Å². The van der Waals surface area contributed by atoms with E-state index in [1.54, 1.807) is 6.92 Å². The van der Waals surface area contributed by atoms with E-state index in [2.05, 4.69) is 0 Å². The van der Waals surface area contributed by atoms with E-state index in [0.29, 0.717) is 0 Å². The summed E-state index contributed by atoms with van der Waals surface area (Å²) in [5.41, 5.74) is 7.71. The molecule has 98 valence electrons. The predicted octanol–water partition coefficient (Wildman–Crippen LogP) is 4.22. The zero-order valence-corrected chi connectivity index (χ0v) is 11.8. The minimum atomic E-state index is -0.127. The van der Waals surface area contributed by atoms with E-state index in [1.807, 2.05) is 39.8 Å². The summed E-state index contributed by atoms with van der Waals surface area (Å²) in [5, 5.41) is 0. The number of hydrogen-bond donors (Lipinski definition) is 1. The van der Waals surface area contributed by atoms with Crippen molar-refractivity contribution in [2.45, 2.75) is 59.4 Å². The smallest absolute Gasteiger partial charge is 0.126 e. The van der Waals surface area contributed by atoms with Crippen LogP contribution in [0.15, 0.2) is 18.2 Å². The molecule has 0 aliphatic rings. The van der Waals surface area contributed by atoms with Crippen LogP contribution in [-0.4, -0.2) is 5.54 Å². The topological polar surface area (TPSA) is 26.0 Å². The van der Waals surface area contributed by atoms with Crippen LogP contribution in [0.5, 0.6) is 0 Å². The summed E-state index contributed by atoms with van der Waals surface area (Å²) in [6.45, 7) is 9.86. The Kier molecular flexibility index (Phi) is 7.05. The van der Waals surface area contributed by atoms with E-state index >= 15 is 0 Å². The summed E-state index contributed by atoms with van der Waals surface area (Å²) in [7, 11) is 0. The Morgan fingerprint density at radius 2 is 1.82 bits per heavy atom. The van der Waals surface area contributed by atoms with Crippen molar-refractivity contribution in [2.75, 3.05) is 0 Å². The maximum Gasteiger partial charge on any atom is 0.126 e. The number of nitrogens with two attached hydrogens (primary N) is 1. The molecule has 2 N–H and O–H groups in total. The highest BCUT2D eigenvalue weighted by Gasteiger charge is 2.09. The van der Waals surface area contributed by atoms with Crippen LogP contribution in [0.25, 0.3) is 0 Å². The number of hydrogen-bond acceptors (Lipinski definition) is 1. The first-order valence-corrected chi connectivity index (χ1v) is 6.42. The van der Waals surface area contributed by atoms with Crippen molar-refractivity contribution in [3.63, 3.8) is 0 Å². The van der Waals surface area contributed by atoms with Crippen molar-refractivity contribution in [3.05, 3.63) is 35.1 Å². The lowest BCUT2D eigenvalue weighted by Crippen LogP contribution is -2.31. The molecule has 1 aromatic rings. The summed E-state index contributed by atoms with van der Waals surface area (Å²) < 4.78 is 13.0. The van der Waals surface area contributed by atoms with Crippen LogP contribution in [0, 0.1) is 12.7 Å². The Morgan fingerprint density at radius 3 is 2.29 bits per heavy atom. The molecule has 0 unspecified atom stereocenters. The van der Waals surface area contributed by atoms with Gasteiger partial charge in [-0.1, -0.05) is 26.0 Å². The van der Waals surface area contributed by atoms with Gasteiger partial charge in [0.15, 0.2) is 0 Å². The third kappa shape index (κ3) is 7.11. The highest BCUT2D eigenvalue weighted by Crippen LogP contribution is 2.14. The van der Waals surface area contributed by atoms with Gasteiger partial charge in [-0.25, -0.2) is 4.39 Å². The molecule has 0 heterocycles. The van der Waals surface area contributed by atoms with Gasteiger partial charge in [-0.2, -0.15) is 0 Å².